The van der Waals surface area contributed by atoms with Gasteiger partial charge in [-0.3, -0.25) is 51.7 Å². The topological polar surface area (TPSA) is 327 Å². The maximum atomic E-state index is 13.2. The van der Waals surface area contributed by atoms with Crippen LogP contribution in [0.3, 0.4) is 0 Å². The van der Waals surface area contributed by atoms with Crippen LogP contribution >= 0.6 is 15.6 Å². The van der Waals surface area contributed by atoms with Crippen molar-refractivity contribution in [2.24, 2.45) is 0 Å². The first-order valence-corrected chi connectivity index (χ1v) is 41.8. The Morgan fingerprint density at radius 1 is 0.374 bits per heavy atom. The number of unbranched alkanes of at least 4 members (excludes halogenated alkanes) is 29. The molecule has 0 saturated heterocycles. The molecule has 4 amide bonds. The fourth-order valence-electron chi connectivity index (χ4n) is 11.0. The first-order chi connectivity index (χ1) is 47.8. The molecule has 0 aliphatic rings. The average molecular weight is 1450 g/mol. The minimum atomic E-state index is -4.78. The molecule has 0 heterocycles. The summed E-state index contributed by atoms with van der Waals surface area (Å²) in [7, 11) is -9.51. The Morgan fingerprint density at radius 3 is 1.16 bits per heavy atom. The van der Waals surface area contributed by atoms with E-state index >= 15 is 0 Å². The van der Waals surface area contributed by atoms with Crippen molar-refractivity contribution in [3.05, 3.63) is 12.2 Å². The summed E-state index contributed by atoms with van der Waals surface area (Å²) in [6, 6.07) is -1.92. The zero-order valence-electron chi connectivity index (χ0n) is 62.3. The van der Waals surface area contributed by atoms with Crippen LogP contribution in [0.15, 0.2) is 12.2 Å². The van der Waals surface area contributed by atoms with Gasteiger partial charge in [0.2, 0.25) is 23.6 Å². The number of rotatable bonds is 75. The van der Waals surface area contributed by atoms with Gasteiger partial charge < -0.3 is 50.4 Å². The molecule has 23 nitrogen and oxygen atoms in total. The molecule has 6 atom stereocenters. The van der Waals surface area contributed by atoms with Crippen molar-refractivity contribution in [2.45, 2.75) is 354 Å². The third-order valence-corrected chi connectivity index (χ3v) is 18.9. The molecule has 0 aromatic rings. The summed E-state index contributed by atoms with van der Waals surface area (Å²) >= 11 is 0. The van der Waals surface area contributed by atoms with Crippen LogP contribution in [0.1, 0.15) is 330 Å². The van der Waals surface area contributed by atoms with Crippen LogP contribution in [0.4, 0.5) is 0 Å². The van der Waals surface area contributed by atoms with Gasteiger partial charge in [-0.15, -0.1) is 0 Å². The van der Waals surface area contributed by atoms with Crippen LogP contribution in [0.2, 0.25) is 0 Å². The summed E-state index contributed by atoms with van der Waals surface area (Å²) in [6.45, 7) is 8.40. The number of aliphatic hydroxyl groups is 1. The molecule has 0 aliphatic heterocycles. The standard InChI is InChI=1S/C74H140N4O19P2/c1-6-11-16-21-24-27-30-35-39-44-67(80)58-72(84)77-64(60-91-54-50-66(79)43-38-33-19-14-9-4)62-95-98(87,88)93-56-52-75-70(82)48-49-71(83)76-53-57-94-99(89,90)96-63-65(78-73(85)59-68(81)45-40-36-31-28-25-22-17-12-7-2)61-92-55-51-69(46-41-34-20-15-10-5)97-74(86)47-42-37-32-29-26-23-18-13-8-3/h29,32,64-66,69,79H,6-28,30-31,33-63H2,1-5H3,(H,75,82)(H,76,83)(H,77,84)(H,78,85)(H,87,88)(H,89,90)/t64?,65?,66-,69-/m1/s1. The van der Waals surface area contributed by atoms with E-state index < -0.39 is 83.9 Å². The molecule has 0 bridgehead atoms. The Kier molecular flexibility index (Phi) is 65.3. The van der Waals surface area contributed by atoms with Crippen molar-refractivity contribution in [3.63, 3.8) is 0 Å². The minimum Gasteiger partial charge on any atom is -0.462 e. The molecule has 0 radical (unpaired) electrons. The van der Waals surface area contributed by atoms with Crippen molar-refractivity contribution in [3.8, 4) is 0 Å². The van der Waals surface area contributed by atoms with Gasteiger partial charge in [-0.05, 0) is 64.2 Å². The molecule has 7 N–H and O–H groups in total. The lowest BCUT2D eigenvalue weighted by Gasteiger charge is -2.22. The van der Waals surface area contributed by atoms with Gasteiger partial charge in [-0.2, -0.15) is 0 Å². The summed E-state index contributed by atoms with van der Waals surface area (Å²) in [5, 5.41) is 20.8. The number of ether oxygens (including phenoxy) is 3. The highest BCUT2D eigenvalue weighted by Gasteiger charge is 2.27. The van der Waals surface area contributed by atoms with E-state index in [4.69, 9.17) is 32.3 Å². The molecule has 0 aromatic heterocycles. The Labute approximate surface area is 597 Å². The van der Waals surface area contributed by atoms with E-state index in [1.165, 1.54) is 89.9 Å². The quantitative estimate of drug-likeness (QED) is 0.00978. The second-order valence-corrected chi connectivity index (χ2v) is 29.5. The number of phosphoric ester groups is 2. The third-order valence-electron chi connectivity index (χ3n) is 16.9. The minimum absolute atomic E-state index is 0.138. The van der Waals surface area contributed by atoms with Gasteiger partial charge in [-0.25, -0.2) is 9.13 Å². The van der Waals surface area contributed by atoms with E-state index in [0.29, 0.717) is 51.4 Å². The predicted molar refractivity (Wildman–Crippen MR) is 391 cm³/mol. The van der Waals surface area contributed by atoms with Gasteiger partial charge in [0.15, 0.2) is 0 Å². The van der Waals surface area contributed by atoms with E-state index in [1.807, 2.05) is 0 Å². The zero-order valence-corrected chi connectivity index (χ0v) is 64.1. The molecular formula is C74H140N4O19P2. The molecule has 99 heavy (non-hydrogen) atoms. The maximum Gasteiger partial charge on any atom is 0.472 e. The summed E-state index contributed by atoms with van der Waals surface area (Å²) in [5.41, 5.74) is 0. The number of esters is 1. The lowest BCUT2D eigenvalue weighted by atomic mass is 10.0. The van der Waals surface area contributed by atoms with Gasteiger partial charge in [0.05, 0.1) is 77.3 Å². The highest BCUT2D eigenvalue weighted by atomic mass is 31.2. The molecule has 0 saturated carbocycles. The van der Waals surface area contributed by atoms with E-state index in [-0.39, 0.29) is 102 Å². The van der Waals surface area contributed by atoms with Crippen LogP contribution < -0.4 is 21.3 Å². The summed E-state index contributed by atoms with van der Waals surface area (Å²) in [4.78, 5) is 111. The largest absolute Gasteiger partial charge is 0.472 e. The van der Waals surface area contributed by atoms with Crippen molar-refractivity contribution in [1.29, 1.82) is 0 Å². The second-order valence-electron chi connectivity index (χ2n) is 26.6. The number of carbonyl (C=O) groups excluding carboxylic acids is 7. The molecule has 580 valence electrons. The van der Waals surface area contributed by atoms with Crippen molar-refractivity contribution < 1.29 is 89.9 Å². The van der Waals surface area contributed by atoms with Crippen LogP contribution in [0.25, 0.3) is 0 Å². The zero-order chi connectivity index (χ0) is 73.1. The van der Waals surface area contributed by atoms with Gasteiger partial charge in [-0.1, -0.05) is 227 Å². The monoisotopic (exact) mass is 1450 g/mol. The number of Topliss-reactive ketones (excluding diaryl/α,β-unsaturated/α-hetero) is 2. The number of aliphatic hydroxyl groups excluding tert-OH is 1. The third kappa shape index (κ3) is 66.2. The summed E-state index contributed by atoms with van der Waals surface area (Å²) in [6.07, 6.45) is 42.3. The number of ketones is 2. The Bertz CT molecular complexity index is 2160. The Hall–Kier alpha value is -3.47. The van der Waals surface area contributed by atoms with E-state index in [0.717, 1.165) is 116 Å². The van der Waals surface area contributed by atoms with Crippen LogP contribution in [-0.2, 0) is 75.0 Å². The maximum absolute atomic E-state index is 13.2. The smallest absolute Gasteiger partial charge is 0.462 e. The number of hydrogen-bond acceptors (Lipinski definition) is 17. The van der Waals surface area contributed by atoms with Crippen molar-refractivity contribution in [1.82, 2.24) is 21.3 Å². The molecule has 0 aromatic carbocycles. The number of amides is 4. The second kappa shape index (κ2) is 67.7. The molecule has 0 fully saturated rings. The molecule has 0 rings (SSSR count). The predicted octanol–water partition coefficient (Wildman–Crippen LogP) is 15.5. The lowest BCUT2D eigenvalue weighted by Crippen LogP contribution is -2.42. The Balaban J connectivity index is 5.32. The number of phosphoric acid groups is 2. The SMILES string of the molecule is CCCCCCC=CCCCC(=O)O[C@H](CCCCCCC)CCOCC(COP(=O)(O)OCCNC(=O)CCC(=O)NCCOP(=O)(O)OCC(COCC[C@H](O)CCCCCCC)NC(=O)CC(=O)CCCCCCCCCCC)NC(=O)CC(=O)CCCCCCCCCCC. The van der Waals surface area contributed by atoms with Crippen molar-refractivity contribution >= 4 is 56.8 Å². The van der Waals surface area contributed by atoms with Crippen LogP contribution in [0, 0.1) is 0 Å². The summed E-state index contributed by atoms with van der Waals surface area (Å²) < 4.78 is 64.2. The lowest BCUT2D eigenvalue weighted by molar-refractivity contribution is -0.150. The van der Waals surface area contributed by atoms with E-state index in [2.05, 4.69) is 68.0 Å². The molecule has 25 heteroatoms. The molecule has 4 unspecified atom stereocenters. The van der Waals surface area contributed by atoms with Gasteiger partial charge in [0.1, 0.15) is 17.7 Å². The Morgan fingerprint density at radius 2 is 0.737 bits per heavy atom. The highest BCUT2D eigenvalue weighted by Crippen LogP contribution is 2.44. The normalized spacial score (nSPS) is 14.1. The number of nitrogens with one attached hydrogen (secondary N) is 4. The van der Waals surface area contributed by atoms with Gasteiger partial charge >= 0.3 is 21.6 Å². The number of hydrogen-bond donors (Lipinski definition) is 7. The molecule has 0 spiro atoms. The summed E-state index contributed by atoms with van der Waals surface area (Å²) in [5.74, 6) is -3.08. The van der Waals surface area contributed by atoms with Crippen LogP contribution in [-0.4, -0.2) is 146 Å². The van der Waals surface area contributed by atoms with E-state index in [9.17, 15) is 57.6 Å². The number of carbonyl (C=O) groups is 7. The molecule has 0 aliphatic carbocycles. The fraction of sp³-hybridized carbons (Fsp3) is 0.878. The average Bonchev–Trinajstić information content (AvgIpc) is 0.990. The first kappa shape index (κ1) is 95.5. The number of allylic oxidation sites excluding steroid dienone is 2. The van der Waals surface area contributed by atoms with Gasteiger partial charge in [0.25, 0.3) is 0 Å². The fourth-order valence-corrected chi connectivity index (χ4v) is 12.5. The van der Waals surface area contributed by atoms with Crippen molar-refractivity contribution in [2.75, 3.05) is 65.9 Å². The molecular weight excluding hydrogens is 1310 g/mol. The van der Waals surface area contributed by atoms with Crippen LogP contribution in [0.5, 0.6) is 0 Å². The van der Waals surface area contributed by atoms with Gasteiger partial charge in [0, 0.05) is 58.2 Å². The van der Waals surface area contributed by atoms with E-state index in [1.54, 1.807) is 0 Å². The first-order valence-electron chi connectivity index (χ1n) is 38.8. The highest BCUT2D eigenvalue weighted by molar-refractivity contribution is 7.47.